The van der Waals surface area contributed by atoms with Gasteiger partial charge in [-0.25, -0.2) is 8.42 Å². The predicted molar refractivity (Wildman–Crippen MR) is 82.9 cm³/mol. The molecule has 0 aromatic heterocycles. The van der Waals surface area contributed by atoms with Gasteiger partial charge in [-0.2, -0.15) is 0 Å². The molecule has 0 aliphatic rings. The zero-order valence-corrected chi connectivity index (χ0v) is 13.3. The summed E-state index contributed by atoms with van der Waals surface area (Å²) in [7, 11) is -3.64. The van der Waals surface area contributed by atoms with Crippen molar-refractivity contribution in [3.05, 3.63) is 42.0 Å². The maximum absolute atomic E-state index is 12.7. The quantitative estimate of drug-likeness (QED) is 0.749. The van der Waals surface area contributed by atoms with Crippen LogP contribution in [-0.4, -0.2) is 31.2 Å². The zero-order chi connectivity index (χ0) is 16.0. The van der Waals surface area contributed by atoms with Crippen LogP contribution in [0.15, 0.2) is 41.3 Å². The van der Waals surface area contributed by atoms with Crippen molar-refractivity contribution in [3.63, 3.8) is 0 Å². The van der Waals surface area contributed by atoms with Crippen LogP contribution in [0.4, 0.5) is 0 Å². The Labute approximate surface area is 126 Å². The van der Waals surface area contributed by atoms with Crippen LogP contribution in [0.25, 0.3) is 0 Å². The molecule has 21 heavy (non-hydrogen) atoms. The number of aliphatic hydroxyl groups is 1. The van der Waals surface area contributed by atoms with Crippen molar-refractivity contribution in [2.45, 2.75) is 43.3 Å². The highest BCUT2D eigenvalue weighted by molar-refractivity contribution is 7.92. The predicted octanol–water partition coefficient (Wildman–Crippen LogP) is 2.45. The minimum absolute atomic E-state index is 0.00449. The maximum atomic E-state index is 12.7. The van der Waals surface area contributed by atoms with E-state index in [2.05, 4.69) is 6.58 Å². The van der Waals surface area contributed by atoms with Crippen molar-refractivity contribution in [2.24, 2.45) is 0 Å². The lowest BCUT2D eigenvalue weighted by Crippen LogP contribution is -2.26. The summed E-state index contributed by atoms with van der Waals surface area (Å²) in [6.45, 7) is 6.86. The molecule has 5 heteroatoms. The Morgan fingerprint density at radius 3 is 2.33 bits per heavy atom. The van der Waals surface area contributed by atoms with Gasteiger partial charge in [0.25, 0.3) is 0 Å². The molecule has 1 atom stereocenters. The summed E-state index contributed by atoms with van der Waals surface area (Å²) in [5.74, 6) is 0.00449. The molecular weight excluding hydrogens is 288 g/mol. The lowest BCUT2D eigenvalue weighted by molar-refractivity contribution is -0.118. The topological polar surface area (TPSA) is 71.4 Å². The minimum atomic E-state index is -3.64. The number of aryl methyl sites for hydroxylation is 1. The molecule has 1 aromatic rings. The average molecular weight is 310 g/mol. The molecule has 0 aliphatic carbocycles. The molecule has 116 valence electrons. The van der Waals surface area contributed by atoms with E-state index < -0.39 is 21.7 Å². The van der Waals surface area contributed by atoms with Crippen LogP contribution in [0.1, 0.15) is 31.7 Å². The number of aliphatic hydroxyl groups excluding tert-OH is 1. The first kappa shape index (κ1) is 17.6. The molecule has 0 bridgehead atoms. The molecule has 0 radical (unpaired) electrons. The van der Waals surface area contributed by atoms with Gasteiger partial charge in [-0.3, -0.25) is 4.79 Å². The van der Waals surface area contributed by atoms with Crippen LogP contribution in [0.2, 0.25) is 0 Å². The van der Waals surface area contributed by atoms with Crippen LogP contribution < -0.4 is 0 Å². The smallest absolute Gasteiger partial charge is 0.185 e. The molecule has 0 aliphatic heterocycles. The Bertz CT molecular complexity index is 600. The van der Waals surface area contributed by atoms with E-state index in [-0.39, 0.29) is 29.1 Å². The second kappa shape index (κ2) is 7.52. The normalized spacial score (nSPS) is 12.9. The van der Waals surface area contributed by atoms with Crippen LogP contribution in [-0.2, 0) is 14.6 Å². The summed E-state index contributed by atoms with van der Waals surface area (Å²) in [5.41, 5.74) is 1.19. The molecule has 1 aromatic carbocycles. The van der Waals surface area contributed by atoms with Crippen molar-refractivity contribution < 1.29 is 18.3 Å². The van der Waals surface area contributed by atoms with Crippen LogP contribution in [0, 0.1) is 6.92 Å². The highest BCUT2D eigenvalue weighted by atomic mass is 32.2. The van der Waals surface area contributed by atoms with E-state index in [0.717, 1.165) is 5.56 Å². The highest BCUT2D eigenvalue weighted by Gasteiger charge is 2.29. The summed E-state index contributed by atoms with van der Waals surface area (Å²) in [6, 6.07) is 6.54. The van der Waals surface area contributed by atoms with Crippen LogP contribution >= 0.6 is 0 Å². The lowest BCUT2D eigenvalue weighted by Gasteiger charge is -2.19. The fraction of sp³-hybridized carbons (Fsp3) is 0.438. The molecule has 1 rings (SSSR count). The van der Waals surface area contributed by atoms with Gasteiger partial charge in [-0.15, -0.1) is 0 Å². The Kier molecular flexibility index (Phi) is 6.30. The number of ketones is 1. The molecule has 0 saturated heterocycles. The first-order chi connectivity index (χ1) is 9.82. The summed E-state index contributed by atoms with van der Waals surface area (Å²) in [6.07, 6.45) is 0.705. The number of hydrogen-bond donors (Lipinski definition) is 1. The van der Waals surface area contributed by atoms with Gasteiger partial charge in [0.2, 0.25) is 0 Å². The van der Waals surface area contributed by atoms with Crippen LogP contribution in [0.5, 0.6) is 0 Å². The van der Waals surface area contributed by atoms with Gasteiger partial charge < -0.3 is 5.11 Å². The fourth-order valence-corrected chi connectivity index (χ4v) is 3.83. The van der Waals surface area contributed by atoms with Gasteiger partial charge in [0.15, 0.2) is 9.84 Å². The van der Waals surface area contributed by atoms with E-state index in [1.165, 1.54) is 0 Å². The van der Waals surface area contributed by atoms with E-state index >= 15 is 0 Å². The van der Waals surface area contributed by atoms with Gasteiger partial charge in [0.1, 0.15) is 5.78 Å². The van der Waals surface area contributed by atoms with Gasteiger partial charge >= 0.3 is 0 Å². The number of Topliss-reactive ketones (excluding diaryl/α,β-unsaturated/α-hetero) is 1. The van der Waals surface area contributed by atoms with E-state index in [4.69, 9.17) is 0 Å². The van der Waals surface area contributed by atoms with Crippen molar-refractivity contribution in [2.75, 3.05) is 6.61 Å². The average Bonchev–Trinajstić information content (AvgIpc) is 2.46. The van der Waals surface area contributed by atoms with Crippen LogP contribution in [0.3, 0.4) is 0 Å². The Balaban J connectivity index is 3.08. The number of rotatable bonds is 8. The number of sulfone groups is 1. The van der Waals surface area contributed by atoms with Gasteiger partial charge in [-0.05, 0) is 31.1 Å². The largest absolute Gasteiger partial charge is 0.392 e. The summed E-state index contributed by atoms with van der Waals surface area (Å²) < 4.78 is 25.3. The van der Waals surface area contributed by atoms with E-state index in [0.29, 0.717) is 6.42 Å². The third kappa shape index (κ3) is 4.51. The molecule has 4 nitrogen and oxygen atoms in total. The maximum Gasteiger partial charge on any atom is 0.185 e. The Morgan fingerprint density at radius 2 is 1.86 bits per heavy atom. The summed E-state index contributed by atoms with van der Waals surface area (Å²) in [4.78, 5) is 11.6. The minimum Gasteiger partial charge on any atom is -0.392 e. The first-order valence-corrected chi connectivity index (χ1v) is 8.48. The SMILES string of the molecule is C=C(CO)C(CCC(=O)CC)S(=O)(=O)c1ccc(C)cc1. The molecule has 1 unspecified atom stereocenters. The van der Waals surface area contributed by atoms with Crippen molar-refractivity contribution in [3.8, 4) is 0 Å². The first-order valence-electron chi connectivity index (χ1n) is 6.93. The molecule has 0 heterocycles. The summed E-state index contributed by atoms with van der Waals surface area (Å²) in [5, 5.41) is 8.30. The van der Waals surface area contributed by atoms with E-state index in [1.54, 1.807) is 31.2 Å². The van der Waals surface area contributed by atoms with Crippen molar-refractivity contribution in [1.82, 2.24) is 0 Å². The molecule has 0 amide bonds. The third-order valence-corrected chi connectivity index (χ3v) is 5.71. The van der Waals surface area contributed by atoms with E-state index in [9.17, 15) is 18.3 Å². The number of carbonyl (C=O) groups is 1. The third-order valence-electron chi connectivity index (χ3n) is 3.46. The second-order valence-electron chi connectivity index (χ2n) is 5.09. The van der Waals surface area contributed by atoms with Crippen molar-refractivity contribution >= 4 is 15.6 Å². The molecular formula is C16H22O4S. The lowest BCUT2D eigenvalue weighted by atomic mass is 10.1. The fourth-order valence-electron chi connectivity index (χ4n) is 2.04. The Morgan fingerprint density at radius 1 is 1.29 bits per heavy atom. The zero-order valence-electron chi connectivity index (χ0n) is 12.5. The summed E-state index contributed by atoms with van der Waals surface area (Å²) >= 11 is 0. The Hall–Kier alpha value is -1.46. The monoisotopic (exact) mass is 310 g/mol. The highest BCUT2D eigenvalue weighted by Crippen LogP contribution is 2.25. The van der Waals surface area contributed by atoms with Crippen molar-refractivity contribution in [1.29, 1.82) is 0 Å². The number of benzene rings is 1. The number of carbonyl (C=O) groups excluding carboxylic acids is 1. The van der Waals surface area contributed by atoms with Gasteiger partial charge in [0, 0.05) is 12.8 Å². The molecule has 1 N–H and O–H groups in total. The molecule has 0 spiro atoms. The van der Waals surface area contributed by atoms with Gasteiger partial charge in [0.05, 0.1) is 16.8 Å². The molecule has 0 saturated carbocycles. The number of hydrogen-bond acceptors (Lipinski definition) is 4. The molecule has 0 fully saturated rings. The standard InChI is InChI=1S/C16H22O4S/c1-4-14(18)7-10-16(13(3)11-17)21(19,20)15-8-5-12(2)6-9-15/h5-6,8-9,16-17H,3-4,7,10-11H2,1-2H3. The van der Waals surface area contributed by atoms with Gasteiger partial charge in [-0.1, -0.05) is 31.2 Å². The van der Waals surface area contributed by atoms with E-state index in [1.807, 2.05) is 6.92 Å². The second-order valence-corrected chi connectivity index (χ2v) is 7.22.